The highest BCUT2D eigenvalue weighted by molar-refractivity contribution is 5.43. The molecule has 0 atom stereocenters. The molecule has 1 aromatic rings. The van der Waals surface area contributed by atoms with Crippen LogP contribution in [0.25, 0.3) is 0 Å². The lowest BCUT2D eigenvalue weighted by Crippen LogP contribution is -2.26. The molecule has 2 rings (SSSR count). The van der Waals surface area contributed by atoms with E-state index < -0.39 is 0 Å². The van der Waals surface area contributed by atoms with E-state index >= 15 is 0 Å². The first-order chi connectivity index (χ1) is 10.1. The molecule has 118 valence electrons. The highest BCUT2D eigenvalue weighted by Crippen LogP contribution is 2.23. The van der Waals surface area contributed by atoms with Crippen molar-refractivity contribution >= 4 is 5.82 Å². The van der Waals surface area contributed by atoms with Gasteiger partial charge in [-0.3, -0.25) is 0 Å². The third-order valence-electron chi connectivity index (χ3n) is 3.97. The minimum Gasteiger partial charge on any atom is -0.357 e. The molecule has 0 saturated heterocycles. The largest absolute Gasteiger partial charge is 0.357 e. The van der Waals surface area contributed by atoms with E-state index in [0.29, 0.717) is 5.92 Å². The molecular formula is C18H31N3. The van der Waals surface area contributed by atoms with Crippen LogP contribution in [0.4, 0.5) is 5.82 Å². The van der Waals surface area contributed by atoms with Crippen LogP contribution in [-0.2, 0) is 6.54 Å². The maximum atomic E-state index is 4.91. The smallest absolute Gasteiger partial charge is 0.129 e. The van der Waals surface area contributed by atoms with Crippen LogP contribution in [0.1, 0.15) is 70.6 Å². The molecule has 0 unspecified atom stereocenters. The monoisotopic (exact) mass is 289 g/mol. The van der Waals surface area contributed by atoms with Gasteiger partial charge in [0.25, 0.3) is 0 Å². The Morgan fingerprint density at radius 3 is 2.38 bits per heavy atom. The van der Waals surface area contributed by atoms with Crippen molar-refractivity contribution in [2.75, 3.05) is 18.0 Å². The second-order valence-electron chi connectivity index (χ2n) is 6.56. The summed E-state index contributed by atoms with van der Waals surface area (Å²) in [5.41, 5.74) is 2.60. The minimum absolute atomic E-state index is 0.481. The van der Waals surface area contributed by atoms with Crippen molar-refractivity contribution in [3.05, 3.63) is 23.4 Å². The summed E-state index contributed by atoms with van der Waals surface area (Å²) < 4.78 is 0. The first kappa shape index (κ1) is 16.3. The summed E-state index contributed by atoms with van der Waals surface area (Å²) in [6, 6.07) is 5.32. The van der Waals surface area contributed by atoms with Crippen molar-refractivity contribution in [3.8, 4) is 0 Å². The lowest BCUT2D eigenvalue weighted by Gasteiger charge is -2.24. The van der Waals surface area contributed by atoms with Gasteiger partial charge in [0.2, 0.25) is 0 Å². The Bertz CT molecular complexity index is 432. The van der Waals surface area contributed by atoms with Crippen molar-refractivity contribution in [2.45, 2.75) is 71.9 Å². The Kier molecular flexibility index (Phi) is 6.04. The van der Waals surface area contributed by atoms with Crippen molar-refractivity contribution < 1.29 is 0 Å². The summed E-state index contributed by atoms with van der Waals surface area (Å²) in [5, 5.41) is 3.62. The van der Waals surface area contributed by atoms with E-state index in [1.807, 2.05) is 0 Å². The normalized spacial score (nSPS) is 14.7. The fourth-order valence-corrected chi connectivity index (χ4v) is 2.58. The van der Waals surface area contributed by atoms with Gasteiger partial charge in [-0.1, -0.05) is 27.7 Å². The Morgan fingerprint density at radius 1 is 1.19 bits per heavy atom. The molecule has 1 aliphatic carbocycles. The van der Waals surface area contributed by atoms with E-state index in [9.17, 15) is 0 Å². The molecule has 1 saturated carbocycles. The Morgan fingerprint density at radius 2 is 1.86 bits per heavy atom. The quantitative estimate of drug-likeness (QED) is 0.742. The van der Waals surface area contributed by atoms with Crippen LogP contribution in [0.5, 0.6) is 0 Å². The van der Waals surface area contributed by atoms with Crippen LogP contribution >= 0.6 is 0 Å². The molecule has 1 N–H and O–H groups in total. The highest BCUT2D eigenvalue weighted by atomic mass is 15.2. The molecule has 3 heteroatoms. The number of rotatable bonds is 9. The van der Waals surface area contributed by atoms with Gasteiger partial charge in [-0.15, -0.1) is 0 Å². The Balaban J connectivity index is 2.19. The van der Waals surface area contributed by atoms with E-state index in [1.54, 1.807) is 0 Å². The van der Waals surface area contributed by atoms with Gasteiger partial charge in [-0.25, -0.2) is 4.98 Å². The summed E-state index contributed by atoms with van der Waals surface area (Å²) in [5.74, 6) is 1.65. The number of nitrogens with one attached hydrogen (secondary N) is 1. The lowest BCUT2D eigenvalue weighted by molar-refractivity contribution is 0.679. The summed E-state index contributed by atoms with van der Waals surface area (Å²) in [6.45, 7) is 12.1. The average molecular weight is 289 g/mol. The summed E-state index contributed by atoms with van der Waals surface area (Å²) in [4.78, 5) is 7.35. The Hall–Kier alpha value is -1.09. The number of nitrogens with zero attached hydrogens (tertiary/aromatic N) is 2. The zero-order chi connectivity index (χ0) is 15.2. The molecule has 1 aromatic heterocycles. The Labute approximate surface area is 130 Å². The topological polar surface area (TPSA) is 28.2 Å². The molecule has 0 aromatic carbocycles. The molecule has 3 nitrogen and oxygen atoms in total. The van der Waals surface area contributed by atoms with Crippen LogP contribution in [0, 0.1) is 0 Å². The van der Waals surface area contributed by atoms with E-state index in [-0.39, 0.29) is 0 Å². The third kappa shape index (κ3) is 4.99. The number of aromatic nitrogens is 1. The molecule has 1 heterocycles. The number of anilines is 1. The maximum Gasteiger partial charge on any atom is 0.129 e. The minimum atomic E-state index is 0.481. The second-order valence-corrected chi connectivity index (χ2v) is 6.56. The van der Waals surface area contributed by atoms with E-state index in [2.05, 4.69) is 50.0 Å². The first-order valence-corrected chi connectivity index (χ1v) is 8.63. The van der Waals surface area contributed by atoms with E-state index in [4.69, 9.17) is 4.98 Å². The van der Waals surface area contributed by atoms with Crippen LogP contribution < -0.4 is 10.2 Å². The van der Waals surface area contributed by atoms with E-state index in [0.717, 1.165) is 31.5 Å². The van der Waals surface area contributed by atoms with Crippen molar-refractivity contribution in [3.63, 3.8) is 0 Å². The molecule has 1 aliphatic rings. The fourth-order valence-electron chi connectivity index (χ4n) is 2.58. The number of hydrogen-bond acceptors (Lipinski definition) is 3. The van der Waals surface area contributed by atoms with Gasteiger partial charge in [0.15, 0.2) is 0 Å². The molecule has 0 spiro atoms. The molecule has 0 aliphatic heterocycles. The third-order valence-corrected chi connectivity index (χ3v) is 3.97. The first-order valence-electron chi connectivity index (χ1n) is 8.63. The second kappa shape index (κ2) is 7.79. The maximum absolute atomic E-state index is 4.91. The predicted octanol–water partition coefficient (Wildman–Crippen LogP) is 4.08. The average Bonchev–Trinajstić information content (AvgIpc) is 3.29. The van der Waals surface area contributed by atoms with Gasteiger partial charge in [-0.2, -0.15) is 0 Å². The van der Waals surface area contributed by atoms with Gasteiger partial charge < -0.3 is 10.2 Å². The summed E-state index contributed by atoms with van der Waals surface area (Å²) in [6.07, 6.45) is 5.02. The SMILES string of the molecule is CCCN(CCC)c1cc(CNC2CC2)cc(C(C)C)n1. The van der Waals surface area contributed by atoms with Gasteiger partial charge in [0.05, 0.1) is 0 Å². The van der Waals surface area contributed by atoms with Crippen LogP contribution in [0.3, 0.4) is 0 Å². The fraction of sp³-hybridized carbons (Fsp3) is 0.722. The van der Waals surface area contributed by atoms with Crippen LogP contribution in [0.2, 0.25) is 0 Å². The number of pyridine rings is 1. The predicted molar refractivity (Wildman–Crippen MR) is 91.0 cm³/mol. The van der Waals surface area contributed by atoms with Gasteiger partial charge in [-0.05, 0) is 49.3 Å². The molecule has 0 amide bonds. The summed E-state index contributed by atoms with van der Waals surface area (Å²) in [7, 11) is 0. The van der Waals surface area contributed by atoms with Gasteiger partial charge in [0.1, 0.15) is 5.82 Å². The molecule has 0 bridgehead atoms. The van der Waals surface area contributed by atoms with Gasteiger partial charge >= 0.3 is 0 Å². The lowest BCUT2D eigenvalue weighted by atomic mass is 10.1. The standard InChI is InChI=1S/C18H31N3/c1-5-9-21(10-6-2)18-12-15(13-19-16-7-8-16)11-17(20-18)14(3)4/h11-12,14,16,19H,5-10,13H2,1-4H3. The molecule has 21 heavy (non-hydrogen) atoms. The van der Waals surface area contributed by atoms with Crippen molar-refractivity contribution in [1.29, 1.82) is 0 Å². The molecular weight excluding hydrogens is 258 g/mol. The molecule has 1 fully saturated rings. The number of hydrogen-bond donors (Lipinski definition) is 1. The molecule has 0 radical (unpaired) electrons. The van der Waals surface area contributed by atoms with Crippen molar-refractivity contribution in [1.82, 2.24) is 10.3 Å². The van der Waals surface area contributed by atoms with Crippen LogP contribution in [0.15, 0.2) is 12.1 Å². The zero-order valence-corrected chi connectivity index (χ0v) is 14.2. The van der Waals surface area contributed by atoms with Gasteiger partial charge in [0, 0.05) is 31.4 Å². The summed E-state index contributed by atoms with van der Waals surface area (Å²) >= 11 is 0. The highest BCUT2D eigenvalue weighted by Gasteiger charge is 2.20. The zero-order valence-electron chi connectivity index (χ0n) is 14.2. The van der Waals surface area contributed by atoms with Crippen molar-refractivity contribution in [2.24, 2.45) is 0 Å². The van der Waals surface area contributed by atoms with E-state index in [1.165, 1.54) is 36.9 Å². The van der Waals surface area contributed by atoms with Crippen LogP contribution in [-0.4, -0.2) is 24.1 Å².